The summed E-state index contributed by atoms with van der Waals surface area (Å²) in [6.45, 7) is 5.90. The van der Waals surface area contributed by atoms with Gasteiger partial charge in [0.25, 0.3) is 0 Å². The van der Waals surface area contributed by atoms with Gasteiger partial charge in [0.15, 0.2) is 0 Å². The second-order valence-corrected chi connectivity index (χ2v) is 6.16. The van der Waals surface area contributed by atoms with Gasteiger partial charge in [-0.25, -0.2) is 4.79 Å². The van der Waals surface area contributed by atoms with Crippen molar-refractivity contribution in [2.24, 2.45) is 0 Å². The Kier molecular flexibility index (Phi) is 5.76. The number of imide groups is 1. The van der Waals surface area contributed by atoms with Crippen LogP contribution in [0.1, 0.15) is 39.5 Å². The predicted octanol–water partition coefficient (Wildman–Crippen LogP) is 0.307. The van der Waals surface area contributed by atoms with Crippen molar-refractivity contribution in [3.63, 3.8) is 0 Å². The van der Waals surface area contributed by atoms with Crippen LogP contribution in [0.3, 0.4) is 0 Å². The lowest BCUT2D eigenvalue weighted by atomic mass is 10.2. The first-order chi connectivity index (χ1) is 10.5. The highest BCUT2D eigenvalue weighted by Crippen LogP contribution is 2.17. The molecular weight excluding hydrogens is 284 g/mol. The zero-order valence-corrected chi connectivity index (χ0v) is 13.4. The van der Waals surface area contributed by atoms with E-state index in [-0.39, 0.29) is 23.9 Å². The zero-order valence-electron chi connectivity index (χ0n) is 13.4. The molecule has 1 unspecified atom stereocenters. The molecule has 0 spiro atoms. The van der Waals surface area contributed by atoms with E-state index in [9.17, 15) is 14.4 Å². The highest BCUT2D eigenvalue weighted by Gasteiger charge is 2.27. The van der Waals surface area contributed by atoms with Crippen LogP contribution < -0.4 is 10.6 Å². The Labute approximate surface area is 131 Å². The lowest BCUT2D eigenvalue weighted by Crippen LogP contribution is -2.56. The number of piperazine rings is 1. The van der Waals surface area contributed by atoms with Gasteiger partial charge in [0.2, 0.25) is 11.8 Å². The number of carbonyl (C=O) groups excluding carboxylic acids is 3. The molecule has 0 aromatic rings. The normalized spacial score (nSPS) is 21.5. The first kappa shape index (κ1) is 16.7. The number of nitrogens with zero attached hydrogens (tertiary/aromatic N) is 2. The number of nitrogens with one attached hydrogen (secondary N) is 2. The Morgan fingerprint density at radius 3 is 2.18 bits per heavy atom. The van der Waals surface area contributed by atoms with E-state index >= 15 is 0 Å². The average Bonchev–Trinajstić information content (AvgIpc) is 2.99. The van der Waals surface area contributed by atoms with Crippen molar-refractivity contribution >= 4 is 17.8 Å². The van der Waals surface area contributed by atoms with Crippen molar-refractivity contribution in [1.82, 2.24) is 20.4 Å². The fourth-order valence-electron chi connectivity index (χ4n) is 3.10. The van der Waals surface area contributed by atoms with Crippen LogP contribution in [-0.4, -0.2) is 65.9 Å². The molecule has 1 aliphatic carbocycles. The highest BCUT2D eigenvalue weighted by atomic mass is 16.2. The molecule has 1 aliphatic heterocycles. The molecule has 0 aromatic carbocycles. The summed E-state index contributed by atoms with van der Waals surface area (Å²) in [6.07, 6.45) is 4.25. The Morgan fingerprint density at radius 2 is 1.64 bits per heavy atom. The zero-order chi connectivity index (χ0) is 16.1. The molecule has 22 heavy (non-hydrogen) atoms. The fourth-order valence-corrected chi connectivity index (χ4v) is 3.10. The molecule has 0 bridgehead atoms. The standard InChI is InChI=1S/C15H26N4O3/c1-11(18-7-9-19(10-8-18)12(2)20)14(21)17-15(22)16-13-5-3-4-6-13/h11,13H,3-10H2,1-2H3,(H2,16,17,21,22). The summed E-state index contributed by atoms with van der Waals surface area (Å²) in [5.74, 6) is -0.223. The summed E-state index contributed by atoms with van der Waals surface area (Å²) < 4.78 is 0. The maximum atomic E-state index is 12.1. The quantitative estimate of drug-likeness (QED) is 0.786. The van der Waals surface area contributed by atoms with Gasteiger partial charge in [-0.2, -0.15) is 0 Å². The van der Waals surface area contributed by atoms with Crippen molar-refractivity contribution in [2.75, 3.05) is 26.2 Å². The minimum atomic E-state index is -0.397. The number of urea groups is 1. The van der Waals surface area contributed by atoms with E-state index in [1.807, 2.05) is 4.90 Å². The molecule has 1 atom stereocenters. The van der Waals surface area contributed by atoms with E-state index in [2.05, 4.69) is 10.6 Å². The Bertz CT molecular complexity index is 427. The number of hydrogen-bond acceptors (Lipinski definition) is 4. The Morgan fingerprint density at radius 1 is 1.05 bits per heavy atom. The van der Waals surface area contributed by atoms with Gasteiger partial charge < -0.3 is 10.2 Å². The number of carbonyl (C=O) groups is 3. The molecule has 0 radical (unpaired) electrons. The summed E-state index contributed by atoms with van der Waals surface area (Å²) in [5.41, 5.74) is 0. The molecule has 2 rings (SSSR count). The maximum Gasteiger partial charge on any atom is 0.321 e. The molecule has 2 N–H and O–H groups in total. The Hall–Kier alpha value is -1.63. The van der Waals surface area contributed by atoms with Crippen LogP contribution in [0.2, 0.25) is 0 Å². The minimum Gasteiger partial charge on any atom is -0.340 e. The van der Waals surface area contributed by atoms with Crippen LogP contribution in [0, 0.1) is 0 Å². The summed E-state index contributed by atoms with van der Waals surface area (Å²) >= 11 is 0. The van der Waals surface area contributed by atoms with Crippen LogP contribution in [0.25, 0.3) is 0 Å². The van der Waals surface area contributed by atoms with Crippen molar-refractivity contribution in [1.29, 1.82) is 0 Å². The largest absolute Gasteiger partial charge is 0.340 e. The highest BCUT2D eigenvalue weighted by molar-refractivity contribution is 5.96. The lowest BCUT2D eigenvalue weighted by Gasteiger charge is -2.36. The van der Waals surface area contributed by atoms with Crippen molar-refractivity contribution < 1.29 is 14.4 Å². The second kappa shape index (κ2) is 7.58. The second-order valence-electron chi connectivity index (χ2n) is 6.16. The summed E-state index contributed by atoms with van der Waals surface area (Å²) in [5, 5.41) is 5.27. The van der Waals surface area contributed by atoms with E-state index < -0.39 is 6.03 Å². The molecule has 1 saturated carbocycles. The van der Waals surface area contributed by atoms with Gasteiger partial charge in [0.1, 0.15) is 0 Å². The molecule has 124 valence electrons. The molecule has 4 amide bonds. The summed E-state index contributed by atoms with van der Waals surface area (Å²) in [4.78, 5) is 39.0. The number of hydrogen-bond donors (Lipinski definition) is 2. The lowest BCUT2D eigenvalue weighted by molar-refractivity contribution is -0.132. The Balaban J connectivity index is 1.74. The van der Waals surface area contributed by atoms with Gasteiger partial charge in [-0.3, -0.25) is 19.8 Å². The molecule has 7 heteroatoms. The van der Waals surface area contributed by atoms with Crippen molar-refractivity contribution in [2.45, 2.75) is 51.6 Å². The molecule has 2 fully saturated rings. The monoisotopic (exact) mass is 310 g/mol. The molecule has 7 nitrogen and oxygen atoms in total. The molecule has 1 heterocycles. The van der Waals surface area contributed by atoms with Crippen LogP contribution in [0.15, 0.2) is 0 Å². The summed E-state index contributed by atoms with van der Waals surface area (Å²) in [6, 6.07) is -0.572. The van der Waals surface area contributed by atoms with Gasteiger partial charge in [-0.15, -0.1) is 0 Å². The molecule has 0 aromatic heterocycles. The average molecular weight is 310 g/mol. The van der Waals surface area contributed by atoms with E-state index in [1.165, 1.54) is 0 Å². The van der Waals surface area contributed by atoms with E-state index in [1.54, 1.807) is 18.7 Å². The van der Waals surface area contributed by atoms with Crippen LogP contribution in [0.4, 0.5) is 4.79 Å². The SMILES string of the molecule is CC(=O)N1CCN(C(C)C(=O)NC(=O)NC2CCCC2)CC1. The molecular formula is C15H26N4O3. The van der Waals surface area contributed by atoms with Gasteiger partial charge in [0.05, 0.1) is 6.04 Å². The predicted molar refractivity (Wildman–Crippen MR) is 82.2 cm³/mol. The van der Waals surface area contributed by atoms with Crippen LogP contribution in [-0.2, 0) is 9.59 Å². The maximum absolute atomic E-state index is 12.1. The third-order valence-electron chi connectivity index (χ3n) is 4.61. The molecule has 2 aliphatic rings. The number of rotatable bonds is 3. The molecule has 1 saturated heterocycles. The van der Waals surface area contributed by atoms with E-state index in [0.29, 0.717) is 26.2 Å². The van der Waals surface area contributed by atoms with Crippen LogP contribution >= 0.6 is 0 Å². The van der Waals surface area contributed by atoms with Gasteiger partial charge in [0, 0.05) is 39.1 Å². The third-order valence-corrected chi connectivity index (χ3v) is 4.61. The summed E-state index contributed by atoms with van der Waals surface area (Å²) in [7, 11) is 0. The third kappa shape index (κ3) is 4.43. The van der Waals surface area contributed by atoms with Gasteiger partial charge >= 0.3 is 6.03 Å². The van der Waals surface area contributed by atoms with Gasteiger partial charge in [-0.05, 0) is 19.8 Å². The smallest absolute Gasteiger partial charge is 0.321 e. The fraction of sp³-hybridized carbons (Fsp3) is 0.800. The van der Waals surface area contributed by atoms with Crippen molar-refractivity contribution in [3.05, 3.63) is 0 Å². The van der Waals surface area contributed by atoms with E-state index in [4.69, 9.17) is 0 Å². The minimum absolute atomic E-state index is 0.0627. The van der Waals surface area contributed by atoms with Crippen LogP contribution in [0.5, 0.6) is 0 Å². The van der Waals surface area contributed by atoms with Gasteiger partial charge in [-0.1, -0.05) is 12.8 Å². The first-order valence-electron chi connectivity index (χ1n) is 8.08. The topological polar surface area (TPSA) is 81.8 Å². The van der Waals surface area contributed by atoms with Crippen molar-refractivity contribution in [3.8, 4) is 0 Å². The van der Waals surface area contributed by atoms with E-state index in [0.717, 1.165) is 25.7 Å². The first-order valence-corrected chi connectivity index (χ1v) is 8.08. The number of amides is 4.